The molecule has 1 heterocycles. The lowest BCUT2D eigenvalue weighted by molar-refractivity contribution is -0.384. The van der Waals surface area contributed by atoms with Crippen molar-refractivity contribution in [3.05, 3.63) is 153 Å². The molecule has 0 radical (unpaired) electrons. The van der Waals surface area contributed by atoms with Gasteiger partial charge in [-0.05, 0) is 84.3 Å². The number of aromatic nitrogens is 1. The summed E-state index contributed by atoms with van der Waals surface area (Å²) in [6, 6.07) is 30.1. The van der Waals surface area contributed by atoms with Crippen LogP contribution < -0.4 is 20.7 Å². The minimum Gasteiger partial charge on any atom is -0.489 e. The number of halogens is 3. The van der Waals surface area contributed by atoms with Crippen molar-refractivity contribution in [2.45, 2.75) is 19.2 Å². The molecule has 5 aromatic carbocycles. The van der Waals surface area contributed by atoms with Gasteiger partial charge in [0.1, 0.15) is 18.0 Å². The number of nitro benzene ring substituents is 1. The number of anilines is 3. The van der Waals surface area contributed by atoms with Crippen molar-refractivity contribution in [3.8, 4) is 5.75 Å². The number of rotatable bonds is 12. The van der Waals surface area contributed by atoms with E-state index < -0.39 is 22.6 Å². The summed E-state index contributed by atoms with van der Waals surface area (Å²) < 4.78 is 44.6. The first-order valence-electron chi connectivity index (χ1n) is 15.5. The van der Waals surface area contributed by atoms with Crippen LogP contribution in [0, 0.1) is 10.1 Å². The fraction of sp³-hybridized carbons (Fsp3) is 0.108. The van der Waals surface area contributed by atoms with Crippen molar-refractivity contribution >= 4 is 55.6 Å². The summed E-state index contributed by atoms with van der Waals surface area (Å²) in [6.07, 6.45) is -3.74. The Labute approximate surface area is 293 Å². The van der Waals surface area contributed by atoms with E-state index in [1.54, 1.807) is 42.5 Å². The summed E-state index contributed by atoms with van der Waals surface area (Å²) in [6.45, 7) is 0.543. The predicted octanol–water partition coefficient (Wildman–Crippen LogP) is 8.96. The number of ether oxygens (including phenoxy) is 1. The summed E-state index contributed by atoms with van der Waals surface area (Å²) >= 11 is 1.15. The quantitative estimate of drug-likeness (QED) is 0.0852. The smallest absolute Gasteiger partial charge is 0.416 e. The normalized spacial score (nSPS) is 11.2. The number of amides is 2. The Hall–Kier alpha value is -6.28. The van der Waals surface area contributed by atoms with Crippen molar-refractivity contribution in [1.82, 2.24) is 4.98 Å². The number of thiazole rings is 1. The molecule has 0 saturated carbocycles. The van der Waals surface area contributed by atoms with Gasteiger partial charge in [0.15, 0.2) is 5.13 Å². The van der Waals surface area contributed by atoms with Crippen molar-refractivity contribution in [1.29, 1.82) is 0 Å². The average Bonchev–Trinajstić information content (AvgIpc) is 3.53. The van der Waals surface area contributed by atoms with Gasteiger partial charge >= 0.3 is 6.18 Å². The van der Waals surface area contributed by atoms with Gasteiger partial charge in [0.2, 0.25) is 0 Å². The standard InChI is InChI=1S/C37H28F3N5O5S/c38-37(39,40)27-10-6-24(7-11-27)22-50-29-14-12-28(13-15-29)42-34(46)26-9-17-31-33(21-26)51-36(43-31)44-35(47)25-8-16-30(32(20-25)45(48)49)41-19-18-23-4-2-1-3-5-23/h1-17,20-21,41H,18-19,22H2,(H,42,46)(H,43,44,47). The van der Waals surface area contributed by atoms with E-state index in [1.807, 2.05) is 30.3 Å². The second kappa shape index (κ2) is 15.1. The van der Waals surface area contributed by atoms with E-state index in [9.17, 15) is 32.9 Å². The zero-order valence-electron chi connectivity index (χ0n) is 26.6. The summed E-state index contributed by atoms with van der Waals surface area (Å²) in [5.41, 5.74) is 2.48. The van der Waals surface area contributed by atoms with E-state index in [0.29, 0.717) is 51.4 Å². The number of benzene rings is 5. The van der Waals surface area contributed by atoms with Crippen LogP contribution in [0.15, 0.2) is 115 Å². The first-order chi connectivity index (χ1) is 24.5. The van der Waals surface area contributed by atoms with E-state index in [4.69, 9.17) is 4.74 Å². The molecule has 0 atom stereocenters. The molecule has 0 fully saturated rings. The Balaban J connectivity index is 1.04. The number of fused-ring (bicyclic) bond motifs is 1. The fourth-order valence-corrected chi connectivity index (χ4v) is 5.94. The van der Waals surface area contributed by atoms with E-state index in [1.165, 1.54) is 30.3 Å². The number of carbonyl (C=O) groups excluding carboxylic acids is 2. The highest BCUT2D eigenvalue weighted by molar-refractivity contribution is 7.22. The molecule has 0 aliphatic rings. The van der Waals surface area contributed by atoms with Gasteiger partial charge in [-0.15, -0.1) is 0 Å². The van der Waals surface area contributed by atoms with Crippen LogP contribution in [-0.2, 0) is 19.2 Å². The van der Waals surface area contributed by atoms with Crippen LogP contribution >= 0.6 is 11.3 Å². The number of nitro groups is 1. The van der Waals surface area contributed by atoms with Gasteiger partial charge in [0.25, 0.3) is 17.5 Å². The molecule has 0 saturated heterocycles. The molecule has 0 spiro atoms. The van der Waals surface area contributed by atoms with Crippen LogP contribution in [0.1, 0.15) is 37.4 Å². The molecule has 10 nitrogen and oxygen atoms in total. The Bertz CT molecular complexity index is 2190. The molecule has 6 aromatic rings. The zero-order chi connectivity index (χ0) is 36.0. The van der Waals surface area contributed by atoms with Gasteiger partial charge in [-0.2, -0.15) is 13.2 Å². The lowest BCUT2D eigenvalue weighted by Crippen LogP contribution is -2.13. The Morgan fingerprint density at radius 2 is 1.49 bits per heavy atom. The molecule has 0 aliphatic heterocycles. The van der Waals surface area contributed by atoms with Crippen molar-refractivity contribution in [3.63, 3.8) is 0 Å². The molecule has 0 aliphatic carbocycles. The van der Waals surface area contributed by atoms with Crippen LogP contribution in [0.2, 0.25) is 0 Å². The van der Waals surface area contributed by atoms with Crippen LogP contribution in [0.4, 0.5) is 35.4 Å². The minimum atomic E-state index is -4.41. The molecule has 14 heteroatoms. The largest absolute Gasteiger partial charge is 0.489 e. The molecule has 1 aromatic heterocycles. The first-order valence-corrected chi connectivity index (χ1v) is 16.3. The van der Waals surface area contributed by atoms with E-state index >= 15 is 0 Å². The molecule has 51 heavy (non-hydrogen) atoms. The molecule has 6 rings (SSSR count). The molecular formula is C37H28F3N5O5S. The molecule has 258 valence electrons. The monoisotopic (exact) mass is 711 g/mol. The second-order valence-electron chi connectivity index (χ2n) is 11.3. The highest BCUT2D eigenvalue weighted by Gasteiger charge is 2.30. The number of carbonyl (C=O) groups is 2. The number of hydrogen-bond acceptors (Lipinski definition) is 8. The van der Waals surface area contributed by atoms with Gasteiger partial charge in [-0.25, -0.2) is 4.98 Å². The Morgan fingerprint density at radius 1 is 0.804 bits per heavy atom. The summed E-state index contributed by atoms with van der Waals surface area (Å²) in [5.74, 6) is -0.494. The SMILES string of the molecule is O=C(Nc1ccc(OCc2ccc(C(F)(F)F)cc2)cc1)c1ccc2nc(NC(=O)c3ccc(NCCc4ccccc4)c([N+](=O)[O-])c3)sc2c1. The van der Waals surface area contributed by atoms with Gasteiger partial charge in [-0.3, -0.25) is 25.0 Å². The maximum absolute atomic E-state index is 13.0. The first kappa shape index (κ1) is 34.6. The maximum Gasteiger partial charge on any atom is 0.416 e. The lowest BCUT2D eigenvalue weighted by Gasteiger charge is -2.10. The third kappa shape index (κ3) is 8.85. The van der Waals surface area contributed by atoms with Crippen LogP contribution in [0.3, 0.4) is 0 Å². The molecular weight excluding hydrogens is 683 g/mol. The molecule has 0 unspecified atom stereocenters. The number of hydrogen-bond donors (Lipinski definition) is 3. The minimum absolute atomic E-state index is 0.0698. The van der Waals surface area contributed by atoms with Gasteiger partial charge in [0, 0.05) is 29.4 Å². The maximum atomic E-state index is 13.0. The van der Waals surface area contributed by atoms with Gasteiger partial charge in [-0.1, -0.05) is 53.8 Å². The van der Waals surface area contributed by atoms with E-state index in [2.05, 4.69) is 20.9 Å². The Morgan fingerprint density at radius 3 is 2.20 bits per heavy atom. The highest BCUT2D eigenvalue weighted by atomic mass is 32.1. The van der Waals surface area contributed by atoms with Crippen LogP contribution in [0.5, 0.6) is 5.75 Å². The number of alkyl halides is 3. The second-order valence-corrected chi connectivity index (χ2v) is 12.3. The lowest BCUT2D eigenvalue weighted by atomic mass is 10.1. The Kier molecular flexibility index (Phi) is 10.2. The number of nitrogens with zero attached hydrogens (tertiary/aromatic N) is 2. The van der Waals surface area contributed by atoms with Crippen molar-refractivity contribution in [2.24, 2.45) is 0 Å². The van der Waals surface area contributed by atoms with Crippen LogP contribution in [0.25, 0.3) is 10.2 Å². The van der Waals surface area contributed by atoms with E-state index in [0.717, 1.165) is 29.0 Å². The molecule has 0 bridgehead atoms. The topological polar surface area (TPSA) is 135 Å². The average molecular weight is 712 g/mol. The molecule has 2 amide bonds. The van der Waals surface area contributed by atoms with Gasteiger partial charge in [0.05, 0.1) is 20.7 Å². The number of nitrogens with one attached hydrogen (secondary N) is 3. The van der Waals surface area contributed by atoms with Crippen LogP contribution in [-0.4, -0.2) is 28.3 Å². The fourth-order valence-electron chi connectivity index (χ4n) is 5.04. The van der Waals surface area contributed by atoms with E-state index in [-0.39, 0.29) is 28.9 Å². The highest BCUT2D eigenvalue weighted by Crippen LogP contribution is 2.31. The summed E-state index contributed by atoms with van der Waals surface area (Å²) in [4.78, 5) is 41.7. The summed E-state index contributed by atoms with van der Waals surface area (Å²) in [7, 11) is 0. The zero-order valence-corrected chi connectivity index (χ0v) is 27.4. The molecule has 3 N–H and O–H groups in total. The third-order valence-electron chi connectivity index (χ3n) is 7.70. The summed E-state index contributed by atoms with van der Waals surface area (Å²) in [5, 5.41) is 20.6. The van der Waals surface area contributed by atoms with Gasteiger partial charge < -0.3 is 15.4 Å². The third-order valence-corrected chi connectivity index (χ3v) is 8.63. The van der Waals surface area contributed by atoms with Crippen molar-refractivity contribution in [2.75, 3.05) is 22.5 Å². The predicted molar refractivity (Wildman–Crippen MR) is 189 cm³/mol. The van der Waals surface area contributed by atoms with Crippen molar-refractivity contribution < 1.29 is 32.4 Å².